The first-order valence-corrected chi connectivity index (χ1v) is 5.65. The molecular formula is C12H11BrN2O2. The Morgan fingerprint density at radius 2 is 2.35 bits per heavy atom. The van der Waals surface area contributed by atoms with Crippen molar-refractivity contribution in [1.82, 2.24) is 0 Å². The summed E-state index contributed by atoms with van der Waals surface area (Å²) in [6.07, 6.45) is 1.63. The standard InChI is InChI=1S/C12H11BrN2O2/c1-2-5-15(8-12(16)17)10-4-3-9(7-14)11(13)6-10/h2-4,6H,1,5,8H2,(H,16,17). The molecule has 0 aliphatic rings. The average Bonchev–Trinajstić information content (AvgIpc) is 2.28. The number of nitriles is 1. The second kappa shape index (κ2) is 6.06. The Morgan fingerprint density at radius 1 is 1.65 bits per heavy atom. The summed E-state index contributed by atoms with van der Waals surface area (Å²) in [6.45, 7) is 3.92. The number of anilines is 1. The molecule has 5 heteroatoms. The summed E-state index contributed by atoms with van der Waals surface area (Å²) in [4.78, 5) is 12.4. The van der Waals surface area contributed by atoms with Crippen LogP contribution in [0.3, 0.4) is 0 Å². The molecule has 0 aromatic heterocycles. The fourth-order valence-electron chi connectivity index (χ4n) is 1.37. The zero-order chi connectivity index (χ0) is 12.8. The Kier molecular flexibility index (Phi) is 4.73. The number of carboxylic acid groups (broad SMARTS) is 1. The van der Waals surface area contributed by atoms with Crippen LogP contribution in [0, 0.1) is 11.3 Å². The molecule has 0 aliphatic heterocycles. The van der Waals surface area contributed by atoms with Crippen molar-refractivity contribution in [1.29, 1.82) is 5.26 Å². The van der Waals surface area contributed by atoms with Crippen molar-refractivity contribution in [3.05, 3.63) is 40.9 Å². The highest BCUT2D eigenvalue weighted by atomic mass is 79.9. The number of benzene rings is 1. The zero-order valence-electron chi connectivity index (χ0n) is 9.06. The SMILES string of the molecule is C=CCN(CC(=O)O)c1ccc(C#N)c(Br)c1. The molecule has 0 fully saturated rings. The van der Waals surface area contributed by atoms with Gasteiger partial charge in [-0.05, 0) is 34.1 Å². The maximum atomic E-state index is 10.7. The van der Waals surface area contributed by atoms with E-state index in [1.165, 1.54) is 0 Å². The van der Waals surface area contributed by atoms with E-state index in [1.807, 2.05) is 6.07 Å². The van der Waals surface area contributed by atoms with E-state index in [0.717, 1.165) is 5.69 Å². The Bertz CT molecular complexity index is 480. The molecule has 17 heavy (non-hydrogen) atoms. The third-order valence-corrected chi connectivity index (χ3v) is 2.77. The van der Waals surface area contributed by atoms with Crippen LogP contribution in [0.25, 0.3) is 0 Å². The summed E-state index contributed by atoms with van der Waals surface area (Å²) in [6, 6.07) is 7.13. The van der Waals surface area contributed by atoms with Crippen molar-refractivity contribution in [3.8, 4) is 6.07 Å². The normalized spacial score (nSPS) is 9.41. The van der Waals surface area contributed by atoms with E-state index in [0.29, 0.717) is 16.6 Å². The van der Waals surface area contributed by atoms with Gasteiger partial charge in [0.1, 0.15) is 12.6 Å². The van der Waals surface area contributed by atoms with E-state index >= 15 is 0 Å². The smallest absolute Gasteiger partial charge is 0.323 e. The summed E-state index contributed by atoms with van der Waals surface area (Å²) in [5, 5.41) is 17.6. The number of hydrogen-bond acceptors (Lipinski definition) is 3. The van der Waals surface area contributed by atoms with E-state index in [2.05, 4.69) is 22.5 Å². The molecule has 0 radical (unpaired) electrons. The second-order valence-electron chi connectivity index (χ2n) is 3.34. The second-order valence-corrected chi connectivity index (χ2v) is 4.19. The highest BCUT2D eigenvalue weighted by molar-refractivity contribution is 9.10. The lowest BCUT2D eigenvalue weighted by Crippen LogP contribution is -2.29. The Balaban J connectivity index is 3.02. The lowest BCUT2D eigenvalue weighted by atomic mass is 10.2. The van der Waals surface area contributed by atoms with Gasteiger partial charge in [-0.15, -0.1) is 6.58 Å². The van der Waals surface area contributed by atoms with Gasteiger partial charge in [-0.25, -0.2) is 0 Å². The molecule has 4 nitrogen and oxygen atoms in total. The first-order valence-electron chi connectivity index (χ1n) is 4.85. The summed E-state index contributed by atoms with van der Waals surface area (Å²) < 4.78 is 0.650. The van der Waals surface area contributed by atoms with Gasteiger partial charge in [0, 0.05) is 16.7 Å². The van der Waals surface area contributed by atoms with Gasteiger partial charge < -0.3 is 10.0 Å². The van der Waals surface area contributed by atoms with Crippen LogP contribution in [0.1, 0.15) is 5.56 Å². The molecule has 0 saturated carbocycles. The summed E-state index contributed by atoms with van der Waals surface area (Å²) in [5.41, 5.74) is 1.25. The van der Waals surface area contributed by atoms with Gasteiger partial charge in [0.25, 0.3) is 0 Å². The number of carboxylic acids is 1. The number of rotatable bonds is 5. The maximum Gasteiger partial charge on any atom is 0.323 e. The molecule has 1 aromatic carbocycles. The lowest BCUT2D eigenvalue weighted by molar-refractivity contribution is -0.135. The predicted octanol–water partition coefficient (Wildman–Crippen LogP) is 2.40. The van der Waals surface area contributed by atoms with Crippen molar-refractivity contribution in [2.75, 3.05) is 18.0 Å². The van der Waals surface area contributed by atoms with Crippen LogP contribution in [-0.2, 0) is 4.79 Å². The molecule has 0 spiro atoms. The largest absolute Gasteiger partial charge is 0.480 e. The van der Waals surface area contributed by atoms with Crippen LogP contribution in [0.2, 0.25) is 0 Å². The van der Waals surface area contributed by atoms with E-state index in [1.54, 1.807) is 29.2 Å². The third kappa shape index (κ3) is 3.61. The molecule has 1 aromatic rings. The quantitative estimate of drug-likeness (QED) is 0.847. The predicted molar refractivity (Wildman–Crippen MR) is 68.9 cm³/mol. The number of carbonyl (C=O) groups is 1. The van der Waals surface area contributed by atoms with Gasteiger partial charge in [0.15, 0.2) is 0 Å². The summed E-state index contributed by atoms with van der Waals surface area (Å²) >= 11 is 3.27. The van der Waals surface area contributed by atoms with E-state index in [-0.39, 0.29) is 6.54 Å². The molecule has 0 aliphatic carbocycles. The van der Waals surface area contributed by atoms with Crippen LogP contribution in [0.4, 0.5) is 5.69 Å². The number of halogens is 1. The summed E-state index contributed by atoms with van der Waals surface area (Å²) in [5.74, 6) is -0.910. The van der Waals surface area contributed by atoms with Gasteiger partial charge in [-0.1, -0.05) is 6.08 Å². The molecule has 0 atom stereocenters. The monoisotopic (exact) mass is 294 g/mol. The Hall–Kier alpha value is -1.80. The highest BCUT2D eigenvalue weighted by Crippen LogP contribution is 2.23. The summed E-state index contributed by atoms with van der Waals surface area (Å²) in [7, 11) is 0. The molecule has 0 unspecified atom stereocenters. The third-order valence-electron chi connectivity index (χ3n) is 2.11. The van der Waals surface area contributed by atoms with Crippen LogP contribution in [0.5, 0.6) is 0 Å². The fraction of sp³-hybridized carbons (Fsp3) is 0.167. The fourth-order valence-corrected chi connectivity index (χ4v) is 1.83. The molecule has 0 bridgehead atoms. The minimum atomic E-state index is -0.910. The van der Waals surface area contributed by atoms with Crippen molar-refractivity contribution < 1.29 is 9.90 Å². The minimum Gasteiger partial charge on any atom is -0.480 e. The molecular weight excluding hydrogens is 284 g/mol. The first-order chi connectivity index (χ1) is 8.08. The van der Waals surface area contributed by atoms with Crippen LogP contribution < -0.4 is 4.90 Å². The van der Waals surface area contributed by atoms with Gasteiger partial charge >= 0.3 is 5.97 Å². The maximum absolute atomic E-state index is 10.7. The molecule has 0 heterocycles. The molecule has 0 amide bonds. The van der Waals surface area contributed by atoms with Crippen molar-refractivity contribution in [2.45, 2.75) is 0 Å². The van der Waals surface area contributed by atoms with Gasteiger partial charge in [0.2, 0.25) is 0 Å². The van der Waals surface area contributed by atoms with Gasteiger partial charge in [-0.3, -0.25) is 4.79 Å². The van der Waals surface area contributed by atoms with E-state index in [9.17, 15) is 4.79 Å². The van der Waals surface area contributed by atoms with Gasteiger partial charge in [-0.2, -0.15) is 5.26 Å². The highest BCUT2D eigenvalue weighted by Gasteiger charge is 2.10. The van der Waals surface area contributed by atoms with Crippen molar-refractivity contribution >= 4 is 27.6 Å². The Morgan fingerprint density at radius 3 is 2.82 bits per heavy atom. The van der Waals surface area contributed by atoms with Gasteiger partial charge in [0.05, 0.1) is 5.56 Å². The van der Waals surface area contributed by atoms with Crippen molar-refractivity contribution in [2.24, 2.45) is 0 Å². The first kappa shape index (κ1) is 13.3. The molecule has 1 rings (SSSR count). The van der Waals surface area contributed by atoms with Crippen molar-refractivity contribution in [3.63, 3.8) is 0 Å². The van der Waals surface area contributed by atoms with Crippen LogP contribution in [-0.4, -0.2) is 24.2 Å². The topological polar surface area (TPSA) is 64.3 Å². The Labute approximate surface area is 108 Å². The molecule has 0 saturated heterocycles. The minimum absolute atomic E-state index is 0.107. The lowest BCUT2D eigenvalue weighted by Gasteiger charge is -2.21. The number of nitrogens with zero attached hydrogens (tertiary/aromatic N) is 2. The number of hydrogen-bond donors (Lipinski definition) is 1. The molecule has 88 valence electrons. The zero-order valence-corrected chi connectivity index (χ0v) is 10.6. The average molecular weight is 295 g/mol. The van der Waals surface area contributed by atoms with E-state index < -0.39 is 5.97 Å². The van der Waals surface area contributed by atoms with E-state index in [4.69, 9.17) is 10.4 Å². The number of aliphatic carboxylic acids is 1. The molecule has 1 N–H and O–H groups in total. The van der Waals surface area contributed by atoms with Crippen LogP contribution >= 0.6 is 15.9 Å². The van der Waals surface area contributed by atoms with Crippen LogP contribution in [0.15, 0.2) is 35.3 Å².